The van der Waals surface area contributed by atoms with Crippen molar-refractivity contribution in [1.29, 1.82) is 0 Å². The second-order valence-corrected chi connectivity index (χ2v) is 9.53. The average Bonchev–Trinajstić information content (AvgIpc) is 2.68. The summed E-state index contributed by atoms with van der Waals surface area (Å²) >= 11 is 0. The molecule has 168 valence electrons. The molecule has 0 spiro atoms. The summed E-state index contributed by atoms with van der Waals surface area (Å²) in [5, 5.41) is 5.87. The van der Waals surface area contributed by atoms with E-state index in [1.807, 2.05) is 24.3 Å². The number of likely N-dealkylation sites (N-methyl/N-ethyl adjacent to an activating group) is 1. The van der Waals surface area contributed by atoms with E-state index in [0.29, 0.717) is 12.1 Å². The minimum atomic E-state index is -3.58. The maximum Gasteiger partial charge on any atom is 0.246 e. The predicted molar refractivity (Wildman–Crippen MR) is 122 cm³/mol. The van der Waals surface area contributed by atoms with Crippen molar-refractivity contribution in [2.24, 2.45) is 0 Å². The van der Waals surface area contributed by atoms with Crippen molar-refractivity contribution in [3.05, 3.63) is 54.1 Å². The highest BCUT2D eigenvalue weighted by atomic mass is 32.2. The molecule has 9 heteroatoms. The number of hydrogen-bond donors (Lipinski definition) is 3. The molecule has 0 aliphatic carbocycles. The van der Waals surface area contributed by atoms with Crippen LogP contribution in [0.2, 0.25) is 0 Å². The summed E-state index contributed by atoms with van der Waals surface area (Å²) in [6, 6.07) is 12.6. The van der Waals surface area contributed by atoms with E-state index in [-0.39, 0.29) is 22.8 Å². The molecule has 0 radical (unpaired) electrons. The topological polar surface area (TPSA) is 108 Å². The van der Waals surface area contributed by atoms with Gasteiger partial charge in [0.25, 0.3) is 0 Å². The molecule has 8 nitrogen and oxygen atoms in total. The van der Waals surface area contributed by atoms with Gasteiger partial charge in [0.2, 0.25) is 21.8 Å². The molecule has 0 fully saturated rings. The third-order valence-electron chi connectivity index (χ3n) is 4.41. The van der Waals surface area contributed by atoms with Gasteiger partial charge in [-0.2, -0.15) is 0 Å². The zero-order valence-corrected chi connectivity index (χ0v) is 19.3. The van der Waals surface area contributed by atoms with Crippen molar-refractivity contribution < 1.29 is 18.0 Å². The third-order valence-corrected chi connectivity index (χ3v) is 6.08. The van der Waals surface area contributed by atoms with Crippen molar-refractivity contribution in [3.8, 4) is 0 Å². The minimum absolute atomic E-state index is 0.0206. The summed E-state index contributed by atoms with van der Waals surface area (Å²) in [6.07, 6.45) is 0.321. The smallest absolute Gasteiger partial charge is 0.246 e. The van der Waals surface area contributed by atoms with E-state index in [2.05, 4.69) is 15.4 Å². The van der Waals surface area contributed by atoms with Crippen LogP contribution in [0.3, 0.4) is 0 Å². The normalized spacial score (nSPS) is 12.3. The van der Waals surface area contributed by atoms with Crippen LogP contribution in [0.4, 0.5) is 11.4 Å². The van der Waals surface area contributed by atoms with Gasteiger partial charge < -0.3 is 15.5 Å². The van der Waals surface area contributed by atoms with Gasteiger partial charge >= 0.3 is 0 Å². The quantitative estimate of drug-likeness (QED) is 0.548. The Bertz CT molecular complexity index is 1000. The maximum absolute atomic E-state index is 12.5. The van der Waals surface area contributed by atoms with Gasteiger partial charge in [-0.1, -0.05) is 12.1 Å². The Morgan fingerprint density at radius 3 is 1.97 bits per heavy atom. The van der Waals surface area contributed by atoms with E-state index in [1.54, 1.807) is 51.9 Å². The Hall–Kier alpha value is -2.91. The second-order valence-electron chi connectivity index (χ2n) is 7.82. The highest BCUT2D eigenvalue weighted by Gasteiger charge is 2.17. The van der Waals surface area contributed by atoms with Crippen LogP contribution in [0.25, 0.3) is 0 Å². The van der Waals surface area contributed by atoms with Gasteiger partial charge in [-0.25, -0.2) is 13.1 Å². The number of benzene rings is 2. The van der Waals surface area contributed by atoms with Crippen molar-refractivity contribution in [1.82, 2.24) is 9.62 Å². The molecule has 2 amide bonds. The standard InChI is InChI=1S/C22H30N4O4S/c1-15(2)25-31(29,30)20-12-10-19(11-13-20)24-22(28)16(3)23-18-8-6-17(7-9-18)14-21(27)26(4)5/h6-13,15-16,23,25H,14H2,1-5H3,(H,24,28). The predicted octanol–water partition coefficient (Wildman–Crippen LogP) is 2.44. The summed E-state index contributed by atoms with van der Waals surface area (Å²) in [5.41, 5.74) is 2.15. The van der Waals surface area contributed by atoms with Crippen molar-refractivity contribution in [2.45, 2.75) is 44.2 Å². The highest BCUT2D eigenvalue weighted by Crippen LogP contribution is 2.16. The number of anilines is 2. The number of nitrogens with one attached hydrogen (secondary N) is 3. The number of amides is 2. The van der Waals surface area contributed by atoms with Crippen LogP contribution in [-0.2, 0) is 26.0 Å². The number of nitrogens with zero attached hydrogens (tertiary/aromatic N) is 1. The van der Waals surface area contributed by atoms with E-state index in [1.165, 1.54) is 12.1 Å². The fourth-order valence-corrected chi connectivity index (χ4v) is 3.96. The van der Waals surface area contributed by atoms with Crippen molar-refractivity contribution in [3.63, 3.8) is 0 Å². The molecule has 0 aliphatic heterocycles. The van der Waals surface area contributed by atoms with Gasteiger partial charge in [0.1, 0.15) is 6.04 Å². The molecule has 0 aliphatic rings. The monoisotopic (exact) mass is 446 g/mol. The lowest BCUT2D eigenvalue weighted by molar-refractivity contribution is -0.128. The Balaban J connectivity index is 1.94. The molecule has 0 saturated heterocycles. The van der Waals surface area contributed by atoms with Gasteiger partial charge in [0, 0.05) is 31.5 Å². The van der Waals surface area contributed by atoms with E-state index in [4.69, 9.17) is 0 Å². The van der Waals surface area contributed by atoms with Gasteiger partial charge in [0.15, 0.2) is 0 Å². The van der Waals surface area contributed by atoms with Crippen LogP contribution in [0.1, 0.15) is 26.3 Å². The van der Waals surface area contributed by atoms with Gasteiger partial charge in [0.05, 0.1) is 11.3 Å². The molecule has 0 aromatic heterocycles. The zero-order chi connectivity index (χ0) is 23.2. The fraction of sp³-hybridized carbons (Fsp3) is 0.364. The zero-order valence-electron chi connectivity index (χ0n) is 18.5. The first-order chi connectivity index (χ1) is 14.5. The van der Waals surface area contributed by atoms with Crippen LogP contribution in [0.15, 0.2) is 53.4 Å². The lowest BCUT2D eigenvalue weighted by Crippen LogP contribution is -2.32. The molecule has 2 aromatic rings. The lowest BCUT2D eigenvalue weighted by atomic mass is 10.1. The Morgan fingerprint density at radius 1 is 0.903 bits per heavy atom. The molecule has 3 N–H and O–H groups in total. The molecule has 0 saturated carbocycles. The molecule has 0 bridgehead atoms. The van der Waals surface area contributed by atoms with Crippen molar-refractivity contribution >= 4 is 33.2 Å². The van der Waals surface area contributed by atoms with Crippen LogP contribution in [0.5, 0.6) is 0 Å². The average molecular weight is 447 g/mol. The summed E-state index contributed by atoms with van der Waals surface area (Å²) in [4.78, 5) is 25.9. The molecule has 1 unspecified atom stereocenters. The molecule has 1 atom stereocenters. The van der Waals surface area contributed by atoms with Crippen LogP contribution in [-0.4, -0.2) is 51.3 Å². The summed E-state index contributed by atoms with van der Waals surface area (Å²) in [7, 11) is -0.145. The second kappa shape index (κ2) is 10.4. The Labute approximate surface area is 184 Å². The van der Waals surface area contributed by atoms with Crippen molar-refractivity contribution in [2.75, 3.05) is 24.7 Å². The third kappa shape index (κ3) is 7.37. The highest BCUT2D eigenvalue weighted by molar-refractivity contribution is 7.89. The summed E-state index contributed by atoms with van der Waals surface area (Å²) in [6.45, 7) is 5.22. The van der Waals surface area contributed by atoms with Gasteiger partial charge in [-0.15, -0.1) is 0 Å². The Morgan fingerprint density at radius 2 is 1.45 bits per heavy atom. The largest absolute Gasteiger partial charge is 0.374 e. The molecule has 31 heavy (non-hydrogen) atoms. The van der Waals surface area contributed by atoms with E-state index in [0.717, 1.165) is 11.3 Å². The first-order valence-electron chi connectivity index (χ1n) is 9.97. The van der Waals surface area contributed by atoms with Crippen LogP contribution < -0.4 is 15.4 Å². The van der Waals surface area contributed by atoms with E-state index >= 15 is 0 Å². The summed E-state index contributed by atoms with van der Waals surface area (Å²) < 4.78 is 26.9. The molecule has 2 rings (SSSR count). The van der Waals surface area contributed by atoms with Gasteiger partial charge in [-0.05, 0) is 62.7 Å². The lowest BCUT2D eigenvalue weighted by Gasteiger charge is -2.16. The molecular formula is C22H30N4O4S. The SMILES string of the molecule is CC(C)NS(=O)(=O)c1ccc(NC(=O)C(C)Nc2ccc(CC(=O)N(C)C)cc2)cc1. The number of carbonyl (C=O) groups is 2. The Kier molecular flexibility index (Phi) is 8.18. The number of carbonyl (C=O) groups excluding carboxylic acids is 2. The minimum Gasteiger partial charge on any atom is -0.374 e. The van der Waals surface area contributed by atoms with E-state index < -0.39 is 16.1 Å². The maximum atomic E-state index is 12.5. The molecule has 2 aromatic carbocycles. The van der Waals surface area contributed by atoms with Gasteiger partial charge in [-0.3, -0.25) is 9.59 Å². The molecule has 0 heterocycles. The molecular weight excluding hydrogens is 416 g/mol. The van der Waals surface area contributed by atoms with Crippen LogP contribution in [0, 0.1) is 0 Å². The van der Waals surface area contributed by atoms with Crippen LogP contribution >= 0.6 is 0 Å². The first kappa shape index (κ1) is 24.4. The first-order valence-corrected chi connectivity index (χ1v) is 11.4. The number of sulfonamides is 1. The number of hydrogen-bond acceptors (Lipinski definition) is 5. The number of rotatable bonds is 9. The van der Waals surface area contributed by atoms with E-state index in [9.17, 15) is 18.0 Å². The summed E-state index contributed by atoms with van der Waals surface area (Å²) in [5.74, 6) is -0.241. The fourth-order valence-electron chi connectivity index (χ4n) is 2.71.